The highest BCUT2D eigenvalue weighted by Gasteiger charge is 2.48. The van der Waals surface area contributed by atoms with Gasteiger partial charge in [-0.1, -0.05) is 11.6 Å². The van der Waals surface area contributed by atoms with E-state index < -0.39 is 35.5 Å². The molecule has 3 rings (SSSR count). The van der Waals surface area contributed by atoms with Crippen LogP contribution in [0.25, 0.3) is 5.65 Å². The molecule has 0 aliphatic heterocycles. The summed E-state index contributed by atoms with van der Waals surface area (Å²) < 4.78 is 39.6. The molecule has 1 saturated carbocycles. The largest absolute Gasteiger partial charge is 0.481 e. The number of aromatic nitrogens is 3. The van der Waals surface area contributed by atoms with Gasteiger partial charge in [0.2, 0.25) is 5.91 Å². The van der Waals surface area contributed by atoms with Crippen LogP contribution in [0.15, 0.2) is 12.3 Å². The van der Waals surface area contributed by atoms with Gasteiger partial charge in [-0.3, -0.25) is 14.0 Å². The molecular formula is C13H10ClF3N4O3. The molecule has 0 saturated heterocycles. The number of hydrogen-bond acceptors (Lipinski definition) is 4. The first-order valence-electron chi connectivity index (χ1n) is 6.79. The molecule has 2 aromatic rings. The van der Waals surface area contributed by atoms with Crippen LogP contribution in [0.5, 0.6) is 0 Å². The van der Waals surface area contributed by atoms with Crippen molar-refractivity contribution >= 4 is 29.1 Å². The summed E-state index contributed by atoms with van der Waals surface area (Å²) in [5, 5.41) is 18.4. The SMILES string of the molecule is O=C(O)C1CC1C(=O)NCc1nnc2c(Cl)cc(C(F)(F)F)cn12. The number of rotatable bonds is 4. The molecule has 1 fully saturated rings. The van der Waals surface area contributed by atoms with Crippen LogP contribution in [0, 0.1) is 11.8 Å². The van der Waals surface area contributed by atoms with E-state index in [-0.39, 0.29) is 29.5 Å². The van der Waals surface area contributed by atoms with Crippen molar-refractivity contribution in [1.82, 2.24) is 19.9 Å². The van der Waals surface area contributed by atoms with Crippen LogP contribution in [0.4, 0.5) is 13.2 Å². The zero-order chi connectivity index (χ0) is 17.6. The van der Waals surface area contributed by atoms with E-state index in [0.717, 1.165) is 16.7 Å². The Labute approximate surface area is 137 Å². The van der Waals surface area contributed by atoms with Crippen LogP contribution >= 0.6 is 11.6 Å². The molecule has 128 valence electrons. The number of carbonyl (C=O) groups excluding carboxylic acids is 1. The number of alkyl halides is 3. The van der Waals surface area contributed by atoms with Gasteiger partial charge in [-0.2, -0.15) is 13.2 Å². The van der Waals surface area contributed by atoms with Crippen molar-refractivity contribution in [2.45, 2.75) is 19.1 Å². The van der Waals surface area contributed by atoms with Gasteiger partial charge in [0.25, 0.3) is 0 Å². The monoisotopic (exact) mass is 362 g/mol. The summed E-state index contributed by atoms with van der Waals surface area (Å²) >= 11 is 5.78. The summed E-state index contributed by atoms with van der Waals surface area (Å²) in [6.07, 6.45) is -3.56. The normalized spacial score (nSPS) is 20.2. The fourth-order valence-corrected chi connectivity index (χ4v) is 2.58. The molecule has 24 heavy (non-hydrogen) atoms. The molecule has 1 amide bonds. The molecule has 2 N–H and O–H groups in total. The highest BCUT2D eigenvalue weighted by Crippen LogP contribution is 2.38. The lowest BCUT2D eigenvalue weighted by molar-refractivity contribution is -0.140. The van der Waals surface area contributed by atoms with Gasteiger partial charge in [-0.15, -0.1) is 10.2 Å². The van der Waals surface area contributed by atoms with Crippen molar-refractivity contribution in [1.29, 1.82) is 0 Å². The molecule has 0 spiro atoms. The predicted molar refractivity (Wildman–Crippen MR) is 74.1 cm³/mol. The average Bonchev–Trinajstić information content (AvgIpc) is 3.19. The third-order valence-electron chi connectivity index (χ3n) is 3.72. The second kappa shape index (κ2) is 5.62. The highest BCUT2D eigenvalue weighted by molar-refractivity contribution is 6.33. The second-order valence-electron chi connectivity index (χ2n) is 5.39. The van der Waals surface area contributed by atoms with Crippen LogP contribution in [-0.2, 0) is 22.3 Å². The molecular weight excluding hydrogens is 353 g/mol. The summed E-state index contributed by atoms with van der Waals surface area (Å²) in [7, 11) is 0. The Bertz CT molecular complexity index is 836. The van der Waals surface area contributed by atoms with E-state index >= 15 is 0 Å². The minimum Gasteiger partial charge on any atom is -0.481 e. The zero-order valence-corrected chi connectivity index (χ0v) is 12.6. The number of halogens is 4. The lowest BCUT2D eigenvalue weighted by atomic mass is 10.2. The summed E-state index contributed by atoms with van der Waals surface area (Å²) in [6.45, 7) is -0.194. The zero-order valence-electron chi connectivity index (χ0n) is 11.8. The Balaban J connectivity index is 1.79. The summed E-state index contributed by atoms with van der Waals surface area (Å²) in [4.78, 5) is 22.5. The van der Waals surface area contributed by atoms with E-state index in [1.54, 1.807) is 0 Å². The maximum Gasteiger partial charge on any atom is 0.417 e. The molecule has 0 aromatic carbocycles. The maximum atomic E-state index is 12.8. The molecule has 2 unspecified atom stereocenters. The number of hydrogen-bond donors (Lipinski definition) is 2. The molecule has 2 aromatic heterocycles. The van der Waals surface area contributed by atoms with Crippen LogP contribution < -0.4 is 5.32 Å². The van der Waals surface area contributed by atoms with Crippen LogP contribution in [0.3, 0.4) is 0 Å². The molecule has 11 heteroatoms. The number of carboxylic acids is 1. The fraction of sp³-hybridized carbons (Fsp3) is 0.385. The maximum absolute atomic E-state index is 12.8. The first-order valence-corrected chi connectivity index (χ1v) is 7.17. The van der Waals surface area contributed by atoms with E-state index in [9.17, 15) is 22.8 Å². The van der Waals surface area contributed by atoms with Gasteiger partial charge in [-0.05, 0) is 12.5 Å². The predicted octanol–water partition coefficient (Wildman–Crippen LogP) is 1.74. The van der Waals surface area contributed by atoms with E-state index in [2.05, 4.69) is 15.5 Å². The van der Waals surface area contributed by atoms with Gasteiger partial charge < -0.3 is 10.4 Å². The highest BCUT2D eigenvalue weighted by atomic mass is 35.5. The number of aliphatic carboxylic acids is 1. The third-order valence-corrected chi connectivity index (χ3v) is 4.00. The second-order valence-corrected chi connectivity index (χ2v) is 5.80. The minimum atomic E-state index is -4.59. The third kappa shape index (κ3) is 3.01. The van der Waals surface area contributed by atoms with Crippen molar-refractivity contribution in [3.05, 3.63) is 28.7 Å². The number of carboxylic acid groups (broad SMARTS) is 1. The number of carbonyl (C=O) groups is 2. The Morgan fingerprint density at radius 3 is 2.67 bits per heavy atom. The standard InChI is InChI=1S/C13H10ClF3N4O3/c14-8-1-5(13(15,16)17)4-21-9(19-20-10(8)21)3-18-11(22)6-2-7(6)12(23)24/h1,4,6-7H,2-3H2,(H,18,22)(H,23,24). The number of nitrogens with one attached hydrogen (secondary N) is 1. The number of nitrogens with zero attached hydrogens (tertiary/aromatic N) is 3. The molecule has 1 aliphatic rings. The van der Waals surface area contributed by atoms with E-state index in [1.807, 2.05) is 0 Å². The molecule has 0 radical (unpaired) electrons. The molecule has 2 atom stereocenters. The van der Waals surface area contributed by atoms with Crippen molar-refractivity contribution in [3.8, 4) is 0 Å². The summed E-state index contributed by atoms with van der Waals surface area (Å²) in [5.41, 5.74) is -0.940. The summed E-state index contributed by atoms with van der Waals surface area (Å²) in [6, 6.07) is 0.746. The van der Waals surface area contributed by atoms with Gasteiger partial charge in [0, 0.05) is 6.20 Å². The Kier molecular flexibility index (Phi) is 3.86. The molecule has 1 aliphatic carbocycles. The molecule has 0 bridgehead atoms. The van der Waals surface area contributed by atoms with Crippen molar-refractivity contribution in [2.24, 2.45) is 11.8 Å². The Hall–Kier alpha value is -2.36. The number of fused-ring (bicyclic) bond motifs is 1. The average molecular weight is 363 g/mol. The lowest BCUT2D eigenvalue weighted by Crippen LogP contribution is -2.27. The van der Waals surface area contributed by atoms with E-state index in [4.69, 9.17) is 16.7 Å². The fourth-order valence-electron chi connectivity index (χ4n) is 2.33. The van der Waals surface area contributed by atoms with Crippen LogP contribution in [-0.4, -0.2) is 31.6 Å². The quantitative estimate of drug-likeness (QED) is 0.863. The molecule has 2 heterocycles. The molecule has 7 nitrogen and oxygen atoms in total. The van der Waals surface area contributed by atoms with Gasteiger partial charge in [0.05, 0.1) is 29.0 Å². The van der Waals surface area contributed by atoms with Gasteiger partial charge in [0.15, 0.2) is 11.5 Å². The number of pyridine rings is 1. The van der Waals surface area contributed by atoms with Crippen molar-refractivity contribution in [3.63, 3.8) is 0 Å². The van der Waals surface area contributed by atoms with Gasteiger partial charge in [0.1, 0.15) is 0 Å². The summed E-state index contributed by atoms with van der Waals surface area (Å²) in [5.74, 6) is -2.83. The van der Waals surface area contributed by atoms with E-state index in [1.165, 1.54) is 0 Å². The minimum absolute atomic E-state index is 0.0313. The number of amides is 1. The Morgan fingerprint density at radius 2 is 2.08 bits per heavy atom. The smallest absolute Gasteiger partial charge is 0.417 e. The van der Waals surface area contributed by atoms with Gasteiger partial charge >= 0.3 is 12.1 Å². The van der Waals surface area contributed by atoms with Crippen LogP contribution in [0.2, 0.25) is 5.02 Å². The lowest BCUT2D eigenvalue weighted by Gasteiger charge is -2.09. The van der Waals surface area contributed by atoms with Crippen molar-refractivity contribution < 1.29 is 27.9 Å². The van der Waals surface area contributed by atoms with E-state index in [0.29, 0.717) is 0 Å². The topological polar surface area (TPSA) is 96.6 Å². The van der Waals surface area contributed by atoms with Gasteiger partial charge in [-0.25, -0.2) is 0 Å². The van der Waals surface area contributed by atoms with Crippen LogP contribution in [0.1, 0.15) is 17.8 Å². The first-order chi connectivity index (χ1) is 11.2. The van der Waals surface area contributed by atoms with Crippen molar-refractivity contribution in [2.75, 3.05) is 0 Å². The first kappa shape index (κ1) is 16.5. The Morgan fingerprint density at radius 1 is 1.38 bits per heavy atom.